The average Bonchev–Trinajstić information content (AvgIpc) is 2.63. The third-order valence-electron chi connectivity index (χ3n) is 3.34. The first kappa shape index (κ1) is 21.7. The SMILES string of the molecule is CC(C)C(=O)CNC(=O)CNC(=O)CNC(=O)CSCc1ccccc1. The Morgan fingerprint density at radius 3 is 1.96 bits per heavy atom. The van der Waals surface area contributed by atoms with Crippen LogP contribution in [0.2, 0.25) is 0 Å². The van der Waals surface area contributed by atoms with E-state index >= 15 is 0 Å². The molecule has 1 rings (SSSR count). The normalized spacial score (nSPS) is 10.3. The fraction of sp³-hybridized carbons (Fsp3) is 0.444. The lowest BCUT2D eigenvalue weighted by molar-refractivity contribution is -0.128. The highest BCUT2D eigenvalue weighted by Gasteiger charge is 2.11. The summed E-state index contributed by atoms with van der Waals surface area (Å²) in [6, 6.07) is 9.78. The Kier molecular flexibility index (Phi) is 10.1. The van der Waals surface area contributed by atoms with Gasteiger partial charge in [-0.15, -0.1) is 11.8 Å². The maximum atomic E-state index is 11.7. The Morgan fingerprint density at radius 1 is 0.846 bits per heavy atom. The lowest BCUT2D eigenvalue weighted by Gasteiger charge is -2.08. The molecule has 26 heavy (non-hydrogen) atoms. The van der Waals surface area contributed by atoms with E-state index in [0.29, 0.717) is 0 Å². The zero-order valence-corrected chi connectivity index (χ0v) is 15.9. The zero-order valence-electron chi connectivity index (χ0n) is 15.0. The summed E-state index contributed by atoms with van der Waals surface area (Å²) in [5, 5.41) is 7.32. The molecule has 0 aliphatic carbocycles. The number of hydrogen-bond donors (Lipinski definition) is 3. The number of carbonyl (C=O) groups is 4. The van der Waals surface area contributed by atoms with Gasteiger partial charge in [-0.05, 0) is 5.56 Å². The van der Waals surface area contributed by atoms with E-state index in [-0.39, 0.29) is 43.0 Å². The molecule has 0 saturated heterocycles. The van der Waals surface area contributed by atoms with Gasteiger partial charge in [-0.25, -0.2) is 0 Å². The van der Waals surface area contributed by atoms with Crippen LogP contribution in [0.15, 0.2) is 30.3 Å². The molecule has 0 radical (unpaired) electrons. The molecule has 7 nitrogen and oxygen atoms in total. The molecule has 0 saturated carbocycles. The van der Waals surface area contributed by atoms with Gasteiger partial charge in [-0.1, -0.05) is 44.2 Å². The van der Waals surface area contributed by atoms with Crippen molar-refractivity contribution in [1.82, 2.24) is 16.0 Å². The summed E-state index contributed by atoms with van der Waals surface area (Å²) in [7, 11) is 0. The number of hydrogen-bond acceptors (Lipinski definition) is 5. The van der Waals surface area contributed by atoms with Gasteiger partial charge >= 0.3 is 0 Å². The van der Waals surface area contributed by atoms with Crippen molar-refractivity contribution in [2.24, 2.45) is 5.92 Å². The lowest BCUT2D eigenvalue weighted by Crippen LogP contribution is -2.43. The van der Waals surface area contributed by atoms with E-state index in [1.165, 1.54) is 11.8 Å². The molecule has 0 fully saturated rings. The number of amides is 3. The molecule has 0 unspecified atom stereocenters. The first-order chi connectivity index (χ1) is 12.4. The largest absolute Gasteiger partial charge is 0.347 e. The van der Waals surface area contributed by atoms with Crippen LogP contribution in [0, 0.1) is 5.92 Å². The Hall–Kier alpha value is -2.35. The Balaban J connectivity index is 2.10. The van der Waals surface area contributed by atoms with E-state index in [0.717, 1.165) is 11.3 Å². The van der Waals surface area contributed by atoms with Crippen molar-refractivity contribution in [3.05, 3.63) is 35.9 Å². The smallest absolute Gasteiger partial charge is 0.239 e. The van der Waals surface area contributed by atoms with Gasteiger partial charge in [0.15, 0.2) is 5.78 Å². The first-order valence-corrected chi connectivity index (χ1v) is 9.48. The molecule has 8 heteroatoms. The first-order valence-electron chi connectivity index (χ1n) is 8.33. The van der Waals surface area contributed by atoms with E-state index in [1.54, 1.807) is 13.8 Å². The predicted molar refractivity (Wildman–Crippen MR) is 101 cm³/mol. The molecule has 0 spiro atoms. The minimum absolute atomic E-state index is 0.0538. The van der Waals surface area contributed by atoms with Gasteiger partial charge in [0.1, 0.15) is 0 Å². The molecule has 1 aromatic rings. The summed E-state index contributed by atoms with van der Waals surface area (Å²) in [5.74, 6) is -0.415. The van der Waals surface area contributed by atoms with Crippen LogP contribution in [0.4, 0.5) is 0 Å². The number of Topliss-reactive ketones (excluding diaryl/α,β-unsaturated/α-hetero) is 1. The van der Waals surface area contributed by atoms with Crippen molar-refractivity contribution in [3.63, 3.8) is 0 Å². The number of nitrogens with one attached hydrogen (secondary N) is 3. The van der Waals surface area contributed by atoms with E-state index in [1.807, 2.05) is 30.3 Å². The van der Waals surface area contributed by atoms with Gasteiger partial charge in [0.2, 0.25) is 17.7 Å². The molecule has 0 aromatic heterocycles. The number of ketones is 1. The summed E-state index contributed by atoms with van der Waals surface area (Å²) >= 11 is 1.46. The molecular weight excluding hydrogens is 354 g/mol. The molecule has 0 atom stereocenters. The second-order valence-corrected chi connectivity index (χ2v) is 6.92. The predicted octanol–water partition coefficient (Wildman–Crippen LogP) is 0.494. The molecule has 142 valence electrons. The van der Waals surface area contributed by atoms with E-state index < -0.39 is 11.8 Å². The lowest BCUT2D eigenvalue weighted by atomic mass is 10.1. The molecule has 0 aliphatic heterocycles. The van der Waals surface area contributed by atoms with E-state index in [9.17, 15) is 19.2 Å². The summed E-state index contributed by atoms with van der Waals surface area (Å²) < 4.78 is 0. The van der Waals surface area contributed by atoms with E-state index in [2.05, 4.69) is 16.0 Å². The highest BCUT2D eigenvalue weighted by molar-refractivity contribution is 7.99. The summed E-state index contributed by atoms with van der Waals surface area (Å²) in [5.41, 5.74) is 1.13. The molecule has 3 N–H and O–H groups in total. The third kappa shape index (κ3) is 9.83. The van der Waals surface area contributed by atoms with Crippen LogP contribution in [0.5, 0.6) is 0 Å². The standard InChI is InChI=1S/C18H25N3O4S/c1-13(2)15(22)8-19-16(23)9-20-17(24)10-21-18(25)12-26-11-14-6-4-3-5-7-14/h3-7,13H,8-12H2,1-2H3,(H,19,23)(H,20,24)(H,21,25). The van der Waals surface area contributed by atoms with Crippen LogP contribution in [-0.2, 0) is 24.9 Å². The maximum absolute atomic E-state index is 11.7. The summed E-state index contributed by atoms with van der Waals surface area (Å²) in [6.07, 6.45) is 0. The summed E-state index contributed by atoms with van der Waals surface area (Å²) in [6.45, 7) is 3.02. The molecular formula is C18H25N3O4S. The fourth-order valence-corrected chi connectivity index (χ4v) is 2.58. The molecule has 0 bridgehead atoms. The minimum atomic E-state index is -0.461. The van der Waals surface area contributed by atoms with Crippen molar-refractivity contribution >= 4 is 35.3 Å². The highest BCUT2D eigenvalue weighted by Crippen LogP contribution is 2.10. The second-order valence-electron chi connectivity index (χ2n) is 5.93. The van der Waals surface area contributed by atoms with Crippen LogP contribution < -0.4 is 16.0 Å². The zero-order chi connectivity index (χ0) is 19.4. The quantitative estimate of drug-likeness (QED) is 0.519. The van der Waals surface area contributed by atoms with Crippen molar-refractivity contribution in [3.8, 4) is 0 Å². The molecule has 0 aliphatic rings. The average molecular weight is 379 g/mol. The Labute approximate surface area is 157 Å². The van der Waals surface area contributed by atoms with Crippen LogP contribution >= 0.6 is 11.8 Å². The van der Waals surface area contributed by atoms with Gasteiger partial charge in [-0.3, -0.25) is 19.2 Å². The number of benzene rings is 1. The molecule has 0 heterocycles. The molecule has 1 aromatic carbocycles. The Morgan fingerprint density at radius 2 is 1.38 bits per heavy atom. The van der Waals surface area contributed by atoms with Gasteiger partial charge in [0.05, 0.1) is 25.4 Å². The minimum Gasteiger partial charge on any atom is -0.347 e. The van der Waals surface area contributed by atoms with Crippen molar-refractivity contribution in [2.45, 2.75) is 19.6 Å². The topological polar surface area (TPSA) is 104 Å². The number of rotatable bonds is 11. The van der Waals surface area contributed by atoms with Crippen LogP contribution in [-0.4, -0.2) is 48.9 Å². The maximum Gasteiger partial charge on any atom is 0.239 e. The van der Waals surface area contributed by atoms with Crippen molar-refractivity contribution in [1.29, 1.82) is 0 Å². The molecule has 3 amide bonds. The van der Waals surface area contributed by atoms with Crippen LogP contribution in [0.1, 0.15) is 19.4 Å². The highest BCUT2D eigenvalue weighted by atomic mass is 32.2. The van der Waals surface area contributed by atoms with Gasteiger partial charge in [-0.2, -0.15) is 0 Å². The Bertz CT molecular complexity index is 620. The number of carbonyl (C=O) groups excluding carboxylic acids is 4. The summed E-state index contributed by atoms with van der Waals surface area (Å²) in [4.78, 5) is 46.2. The monoisotopic (exact) mass is 379 g/mol. The van der Waals surface area contributed by atoms with Crippen molar-refractivity contribution in [2.75, 3.05) is 25.4 Å². The van der Waals surface area contributed by atoms with Gasteiger partial charge < -0.3 is 16.0 Å². The van der Waals surface area contributed by atoms with Crippen LogP contribution in [0.3, 0.4) is 0 Å². The van der Waals surface area contributed by atoms with E-state index in [4.69, 9.17) is 0 Å². The third-order valence-corrected chi connectivity index (χ3v) is 4.34. The van der Waals surface area contributed by atoms with Gasteiger partial charge in [0.25, 0.3) is 0 Å². The second kappa shape index (κ2) is 12.1. The fourth-order valence-electron chi connectivity index (χ4n) is 1.76. The van der Waals surface area contributed by atoms with Gasteiger partial charge in [0, 0.05) is 11.7 Å². The number of thioether (sulfide) groups is 1. The van der Waals surface area contributed by atoms with Crippen LogP contribution in [0.25, 0.3) is 0 Å². The van der Waals surface area contributed by atoms with Crippen molar-refractivity contribution < 1.29 is 19.2 Å².